The molecule has 0 aromatic heterocycles. The number of unbranched alkanes of at least 4 members (excludes halogenated alkanes) is 10. The van der Waals surface area contributed by atoms with Crippen LogP contribution in [0.15, 0.2) is 48.6 Å². The van der Waals surface area contributed by atoms with Gasteiger partial charge in [0, 0.05) is 31.1 Å². The van der Waals surface area contributed by atoms with Gasteiger partial charge in [-0.15, -0.1) is 0 Å². The lowest BCUT2D eigenvalue weighted by Gasteiger charge is -2.20. The molecule has 6 N–H and O–H groups in total. The van der Waals surface area contributed by atoms with Crippen LogP contribution in [0.5, 0.6) is 0 Å². The summed E-state index contributed by atoms with van der Waals surface area (Å²) in [5, 5.41) is 30.5. The fraction of sp³-hybridized carbons (Fsp3) is 0.750. The highest BCUT2D eigenvalue weighted by Gasteiger charge is 2.39. The Morgan fingerprint density at radius 3 is 1.94 bits per heavy atom. The molecule has 358 valence electrons. The van der Waals surface area contributed by atoms with Crippen molar-refractivity contribution in [3.63, 3.8) is 0 Å². The van der Waals surface area contributed by atoms with Crippen LogP contribution in [0.25, 0.3) is 0 Å². The van der Waals surface area contributed by atoms with E-state index in [1.165, 1.54) is 19.3 Å². The summed E-state index contributed by atoms with van der Waals surface area (Å²) in [4.78, 5) is 65.5. The van der Waals surface area contributed by atoms with Gasteiger partial charge < -0.3 is 39.5 Å². The number of ether oxygens (including phenoxy) is 2. The van der Waals surface area contributed by atoms with Crippen molar-refractivity contribution in [2.24, 2.45) is 11.8 Å². The number of esters is 2. The number of Topliss-reactive ketones (excluding diaryl/α,β-unsaturated/α-hetero) is 1. The lowest BCUT2D eigenvalue weighted by atomic mass is 9.88. The first-order chi connectivity index (χ1) is 29.6. The zero-order chi connectivity index (χ0) is 46.1. The summed E-state index contributed by atoms with van der Waals surface area (Å²) in [6, 6.07) is 0. The lowest BCUT2D eigenvalue weighted by Crippen LogP contribution is -2.30. The molecule has 1 fully saturated rings. The third kappa shape index (κ3) is 31.5. The number of carbonyl (C=O) groups is 3. The predicted octanol–water partition coefficient (Wildman–Crippen LogP) is 8.04. The third-order valence-electron chi connectivity index (χ3n) is 10.1. The van der Waals surface area contributed by atoms with Crippen molar-refractivity contribution >= 4 is 33.4 Å². The molecule has 7 atom stereocenters. The molecule has 0 radical (unpaired) electrons. The van der Waals surface area contributed by atoms with Crippen LogP contribution in [0.2, 0.25) is 0 Å². The summed E-state index contributed by atoms with van der Waals surface area (Å²) >= 11 is 0. The van der Waals surface area contributed by atoms with E-state index in [9.17, 15) is 43.7 Å². The molecule has 1 saturated carbocycles. The van der Waals surface area contributed by atoms with E-state index in [-0.39, 0.29) is 36.9 Å². The first-order valence-electron chi connectivity index (χ1n) is 22.4. The summed E-state index contributed by atoms with van der Waals surface area (Å²) < 4.78 is 47.7. The maximum atomic E-state index is 12.7. The van der Waals surface area contributed by atoms with Crippen LogP contribution in [0, 0.1) is 11.8 Å². The van der Waals surface area contributed by atoms with Crippen LogP contribution in [0.3, 0.4) is 0 Å². The number of phosphoric acid groups is 2. The molecule has 18 heteroatoms. The van der Waals surface area contributed by atoms with Crippen LogP contribution in [-0.2, 0) is 46.6 Å². The first-order valence-corrected chi connectivity index (χ1v) is 25.5. The number of hydrogen-bond donors (Lipinski definition) is 6. The van der Waals surface area contributed by atoms with E-state index in [0.29, 0.717) is 44.9 Å². The van der Waals surface area contributed by atoms with E-state index in [2.05, 4.69) is 53.3 Å². The fourth-order valence-electron chi connectivity index (χ4n) is 6.60. The Balaban J connectivity index is 2.57. The van der Waals surface area contributed by atoms with Gasteiger partial charge in [-0.3, -0.25) is 28.0 Å². The van der Waals surface area contributed by atoms with Crippen molar-refractivity contribution in [3.8, 4) is 0 Å². The van der Waals surface area contributed by atoms with Gasteiger partial charge in [0.25, 0.3) is 0 Å². The van der Waals surface area contributed by atoms with E-state index in [4.69, 9.17) is 23.8 Å². The number of hydrogen-bond acceptors (Lipinski definition) is 13. The molecule has 0 heterocycles. The Hall–Kier alpha value is -2.33. The van der Waals surface area contributed by atoms with E-state index in [0.717, 1.165) is 51.4 Å². The Morgan fingerprint density at radius 2 is 1.27 bits per heavy atom. The number of carbonyl (C=O) groups excluding carboxylic acids is 3. The van der Waals surface area contributed by atoms with E-state index < -0.39 is 78.4 Å². The molecule has 0 aromatic carbocycles. The topological polar surface area (TPSA) is 253 Å². The molecule has 62 heavy (non-hydrogen) atoms. The molecule has 0 spiro atoms. The molecule has 0 bridgehead atoms. The first kappa shape index (κ1) is 57.7. The number of phosphoric ester groups is 2. The molecular formula is C44H76O16P2. The fourth-order valence-corrected chi connectivity index (χ4v) is 7.76. The molecule has 16 nitrogen and oxygen atoms in total. The second-order valence-electron chi connectivity index (χ2n) is 15.7. The summed E-state index contributed by atoms with van der Waals surface area (Å²) in [5.74, 6) is -1.89. The van der Waals surface area contributed by atoms with Gasteiger partial charge in [-0.2, -0.15) is 0 Å². The number of aliphatic hydroxyl groups excluding tert-OH is 3. The van der Waals surface area contributed by atoms with Crippen molar-refractivity contribution in [1.29, 1.82) is 0 Å². The molecule has 1 aliphatic rings. The average molecular weight is 923 g/mol. The molecular weight excluding hydrogens is 846 g/mol. The maximum Gasteiger partial charge on any atom is 0.472 e. The largest absolute Gasteiger partial charge is 0.472 e. The van der Waals surface area contributed by atoms with E-state index in [1.807, 2.05) is 6.08 Å². The van der Waals surface area contributed by atoms with Gasteiger partial charge in [0.15, 0.2) is 6.10 Å². The smallest absolute Gasteiger partial charge is 0.462 e. The summed E-state index contributed by atoms with van der Waals surface area (Å²) in [5.41, 5.74) is 0. The van der Waals surface area contributed by atoms with Gasteiger partial charge >= 0.3 is 27.6 Å². The second-order valence-corrected chi connectivity index (χ2v) is 18.4. The van der Waals surface area contributed by atoms with Crippen LogP contribution in [0.1, 0.15) is 149 Å². The van der Waals surface area contributed by atoms with Crippen molar-refractivity contribution in [2.45, 2.75) is 173 Å². The second kappa shape index (κ2) is 35.0. The minimum Gasteiger partial charge on any atom is -0.462 e. The average Bonchev–Trinajstić information content (AvgIpc) is 3.49. The Kier molecular flexibility index (Phi) is 32.6. The van der Waals surface area contributed by atoms with Crippen molar-refractivity contribution < 1.29 is 76.6 Å². The number of ketones is 1. The van der Waals surface area contributed by atoms with E-state index >= 15 is 0 Å². The Bertz CT molecular complexity index is 1440. The number of allylic oxidation sites excluding steroid dienone is 6. The molecule has 0 amide bonds. The van der Waals surface area contributed by atoms with Crippen LogP contribution >= 0.6 is 15.6 Å². The molecule has 1 aliphatic carbocycles. The molecule has 1 unspecified atom stereocenters. The van der Waals surface area contributed by atoms with Gasteiger partial charge in [0.05, 0.1) is 32.0 Å². The van der Waals surface area contributed by atoms with Crippen molar-refractivity contribution in [1.82, 2.24) is 0 Å². The van der Waals surface area contributed by atoms with Gasteiger partial charge in [0.2, 0.25) is 0 Å². The van der Waals surface area contributed by atoms with E-state index in [1.54, 1.807) is 12.2 Å². The third-order valence-corrected chi connectivity index (χ3v) is 11.5. The van der Waals surface area contributed by atoms with Crippen LogP contribution < -0.4 is 0 Å². The lowest BCUT2D eigenvalue weighted by molar-refractivity contribution is -0.161. The summed E-state index contributed by atoms with van der Waals surface area (Å²) in [7, 11) is -9.78. The van der Waals surface area contributed by atoms with Crippen LogP contribution in [-0.4, -0.2) is 98.6 Å². The highest BCUT2D eigenvalue weighted by molar-refractivity contribution is 7.47. The quantitative estimate of drug-likeness (QED) is 0.0148. The molecule has 0 saturated heterocycles. The minimum atomic E-state index is -4.90. The van der Waals surface area contributed by atoms with Gasteiger partial charge in [-0.05, 0) is 64.2 Å². The van der Waals surface area contributed by atoms with Crippen LogP contribution in [0.4, 0.5) is 0 Å². The summed E-state index contributed by atoms with van der Waals surface area (Å²) in [6.07, 6.45) is 27.3. The van der Waals surface area contributed by atoms with Crippen molar-refractivity contribution in [2.75, 3.05) is 26.4 Å². The number of rotatable bonds is 38. The maximum absolute atomic E-state index is 12.7. The standard InChI is InChI=1S/C44H76O16P2/c1-3-5-7-8-9-10-11-12-13-14-15-16-17-18-24-28-44(50)60-38(35-59-62(54,55)58-33-37(46)32-57-61(51,52)53)34-56-43(49)27-23-20-19-22-26-39-40(42(48)31-41(39)47)30-29-36(45)25-21-6-4-2/h9-10,12-13,15-16,29-30,36-40,42,45-46,48H,3-8,11,14,17-28,31-35H2,1-2H3,(H,54,55)(H2,51,52,53)/b10-9-,13-12-,16-15-,30-29+/t36-,37-,38+,39+,40+,42+/m0/s1. The highest BCUT2D eigenvalue weighted by Crippen LogP contribution is 2.44. The predicted molar refractivity (Wildman–Crippen MR) is 235 cm³/mol. The monoisotopic (exact) mass is 922 g/mol. The molecule has 1 rings (SSSR count). The van der Waals surface area contributed by atoms with Gasteiger partial charge in [-0.1, -0.05) is 114 Å². The Morgan fingerprint density at radius 1 is 0.710 bits per heavy atom. The zero-order valence-corrected chi connectivity index (χ0v) is 38.7. The summed E-state index contributed by atoms with van der Waals surface area (Å²) in [6.45, 7) is 1.31. The highest BCUT2D eigenvalue weighted by atomic mass is 31.2. The van der Waals surface area contributed by atoms with Crippen molar-refractivity contribution in [3.05, 3.63) is 48.6 Å². The van der Waals surface area contributed by atoms with Gasteiger partial charge in [0.1, 0.15) is 18.5 Å². The van der Waals surface area contributed by atoms with Gasteiger partial charge in [-0.25, -0.2) is 9.13 Å². The Labute approximate surface area is 369 Å². The molecule has 0 aliphatic heterocycles. The molecule has 0 aromatic rings. The SMILES string of the molecule is CCCCC/C=C\C/C=C\C/C=C\CCCCC(=O)O[C@H](COC(=O)CCCCCC[C@H]1C(=O)C[C@@H](O)[C@@H]1/C=C/[C@@H](O)CCCCC)COP(=O)(O)OC[C@@H](O)COP(=O)(O)O. The normalized spacial score (nSPS) is 19.8. The minimum absolute atomic E-state index is 0.00749. The number of aliphatic hydroxyl groups is 3. The zero-order valence-electron chi connectivity index (χ0n) is 36.9.